The van der Waals surface area contributed by atoms with Crippen molar-refractivity contribution in [2.45, 2.75) is 13.0 Å². The summed E-state index contributed by atoms with van der Waals surface area (Å²) in [6.07, 6.45) is 1.14. The first-order chi connectivity index (χ1) is 4.79. The highest BCUT2D eigenvalue weighted by Crippen LogP contribution is 2.05. The number of anilines is 1. The van der Waals surface area contributed by atoms with Gasteiger partial charge in [0, 0.05) is 18.1 Å². The van der Waals surface area contributed by atoms with E-state index in [0.29, 0.717) is 6.54 Å². The van der Waals surface area contributed by atoms with Crippen LogP contribution in [-0.4, -0.2) is 27.1 Å². The van der Waals surface area contributed by atoms with E-state index in [1.165, 1.54) is 17.9 Å². The van der Waals surface area contributed by atoms with Crippen LogP contribution in [0.5, 0.6) is 0 Å². The normalized spacial score (nSPS) is 13.0. The van der Waals surface area contributed by atoms with Crippen LogP contribution < -0.4 is 5.32 Å². The van der Waals surface area contributed by atoms with Crippen LogP contribution in [0.2, 0.25) is 0 Å². The lowest BCUT2D eigenvalue weighted by Crippen LogP contribution is -2.14. The molecular weight excluding hydrogens is 150 g/mol. The highest BCUT2D eigenvalue weighted by molar-refractivity contribution is 7.09. The first-order valence-corrected chi connectivity index (χ1v) is 3.75. The van der Waals surface area contributed by atoms with E-state index in [1.54, 1.807) is 6.92 Å². The predicted molar refractivity (Wildman–Crippen MR) is 40.1 cm³/mol. The van der Waals surface area contributed by atoms with Gasteiger partial charge in [-0.15, -0.1) is 0 Å². The fourth-order valence-corrected chi connectivity index (χ4v) is 0.922. The fraction of sp³-hybridized carbons (Fsp3) is 0.600. The van der Waals surface area contributed by atoms with Gasteiger partial charge in [0.1, 0.15) is 6.33 Å². The molecule has 56 valence electrons. The summed E-state index contributed by atoms with van der Waals surface area (Å²) in [5, 5.41) is 12.5. The molecule has 0 bridgehead atoms. The third-order valence-corrected chi connectivity index (χ3v) is 1.53. The second kappa shape index (κ2) is 3.48. The van der Waals surface area contributed by atoms with Gasteiger partial charge in [-0.1, -0.05) is 0 Å². The fourth-order valence-electron chi connectivity index (χ4n) is 0.486. The zero-order chi connectivity index (χ0) is 7.40. The molecule has 2 N–H and O–H groups in total. The number of nitrogens with zero attached hydrogens (tertiary/aromatic N) is 2. The van der Waals surface area contributed by atoms with Gasteiger partial charge >= 0.3 is 0 Å². The van der Waals surface area contributed by atoms with Crippen molar-refractivity contribution < 1.29 is 5.11 Å². The summed E-state index contributed by atoms with van der Waals surface area (Å²) in [7, 11) is 0. The molecule has 1 heterocycles. The van der Waals surface area contributed by atoms with Crippen molar-refractivity contribution in [1.82, 2.24) is 9.36 Å². The maximum Gasteiger partial charge on any atom is 0.202 e. The van der Waals surface area contributed by atoms with Crippen molar-refractivity contribution in [3.05, 3.63) is 6.33 Å². The third kappa shape index (κ3) is 2.28. The van der Waals surface area contributed by atoms with Gasteiger partial charge in [0.15, 0.2) is 0 Å². The van der Waals surface area contributed by atoms with Crippen LogP contribution in [0.25, 0.3) is 0 Å². The largest absolute Gasteiger partial charge is 0.392 e. The molecule has 1 rings (SSSR count). The Labute approximate surface area is 63.1 Å². The number of aliphatic hydroxyl groups excluding tert-OH is 1. The summed E-state index contributed by atoms with van der Waals surface area (Å²) in [5.74, 6) is 0. The number of hydrogen-bond donors (Lipinski definition) is 2. The molecule has 1 aromatic rings. The lowest BCUT2D eigenvalue weighted by atomic mass is 10.4. The van der Waals surface area contributed by atoms with Gasteiger partial charge in [0.25, 0.3) is 0 Å². The number of nitrogens with one attached hydrogen (secondary N) is 1. The van der Waals surface area contributed by atoms with E-state index in [2.05, 4.69) is 14.7 Å². The van der Waals surface area contributed by atoms with Gasteiger partial charge in [-0.25, -0.2) is 4.98 Å². The zero-order valence-electron chi connectivity index (χ0n) is 5.61. The average molecular weight is 159 g/mol. The SMILES string of the molecule is CC(O)CNc1ncns1. The zero-order valence-corrected chi connectivity index (χ0v) is 6.43. The Morgan fingerprint density at radius 2 is 2.70 bits per heavy atom. The quantitative estimate of drug-likeness (QED) is 0.667. The van der Waals surface area contributed by atoms with Gasteiger partial charge in [0.2, 0.25) is 5.13 Å². The molecule has 0 spiro atoms. The van der Waals surface area contributed by atoms with E-state index < -0.39 is 0 Å². The number of aliphatic hydroxyl groups is 1. The standard InChI is InChI=1S/C5H9N3OS/c1-4(9)2-6-5-7-3-8-10-5/h3-4,9H,2H2,1H3,(H,6,7,8). The van der Waals surface area contributed by atoms with Gasteiger partial charge in [0.05, 0.1) is 6.10 Å². The van der Waals surface area contributed by atoms with Crippen molar-refractivity contribution in [3.63, 3.8) is 0 Å². The van der Waals surface area contributed by atoms with Crippen LogP contribution in [-0.2, 0) is 0 Å². The minimum Gasteiger partial charge on any atom is -0.392 e. The molecular formula is C5H9N3OS. The van der Waals surface area contributed by atoms with Gasteiger partial charge in [-0.2, -0.15) is 4.37 Å². The Morgan fingerprint density at radius 3 is 3.20 bits per heavy atom. The minimum absolute atomic E-state index is 0.344. The Morgan fingerprint density at radius 1 is 1.90 bits per heavy atom. The second-order valence-corrected chi connectivity index (χ2v) is 2.76. The van der Waals surface area contributed by atoms with Crippen molar-refractivity contribution in [3.8, 4) is 0 Å². The molecule has 0 saturated heterocycles. The summed E-state index contributed by atoms with van der Waals surface area (Å²) >= 11 is 1.28. The van der Waals surface area contributed by atoms with E-state index >= 15 is 0 Å². The summed E-state index contributed by atoms with van der Waals surface area (Å²) < 4.78 is 3.79. The minimum atomic E-state index is -0.344. The highest BCUT2D eigenvalue weighted by atomic mass is 32.1. The van der Waals surface area contributed by atoms with E-state index in [1.807, 2.05) is 0 Å². The molecule has 10 heavy (non-hydrogen) atoms. The third-order valence-electron chi connectivity index (χ3n) is 0.910. The van der Waals surface area contributed by atoms with Gasteiger partial charge < -0.3 is 10.4 Å². The number of rotatable bonds is 3. The maximum atomic E-state index is 8.85. The molecule has 0 aromatic carbocycles. The van der Waals surface area contributed by atoms with E-state index in [9.17, 15) is 0 Å². The lowest BCUT2D eigenvalue weighted by molar-refractivity contribution is 0.208. The topological polar surface area (TPSA) is 58.0 Å². The molecule has 0 radical (unpaired) electrons. The summed E-state index contributed by atoms with van der Waals surface area (Å²) in [6, 6.07) is 0. The highest BCUT2D eigenvalue weighted by Gasteiger charge is 1.96. The van der Waals surface area contributed by atoms with E-state index in [0.717, 1.165) is 5.13 Å². The Bertz CT molecular complexity index is 175. The Kier molecular flexibility index (Phi) is 2.58. The van der Waals surface area contributed by atoms with Gasteiger partial charge in [-0.05, 0) is 6.92 Å². The van der Waals surface area contributed by atoms with Crippen molar-refractivity contribution >= 4 is 16.7 Å². The smallest absolute Gasteiger partial charge is 0.202 e. The van der Waals surface area contributed by atoms with E-state index in [-0.39, 0.29) is 6.10 Å². The second-order valence-electron chi connectivity index (χ2n) is 1.98. The van der Waals surface area contributed by atoms with Crippen LogP contribution in [0.3, 0.4) is 0 Å². The molecule has 5 heteroatoms. The van der Waals surface area contributed by atoms with Gasteiger partial charge in [-0.3, -0.25) is 0 Å². The number of hydrogen-bond acceptors (Lipinski definition) is 5. The van der Waals surface area contributed by atoms with Crippen LogP contribution >= 0.6 is 11.5 Å². The molecule has 1 atom stereocenters. The molecule has 0 saturated carbocycles. The predicted octanol–water partition coefficient (Wildman–Crippen LogP) is 0.331. The summed E-state index contributed by atoms with van der Waals surface area (Å²) in [4.78, 5) is 3.87. The summed E-state index contributed by atoms with van der Waals surface area (Å²) in [6.45, 7) is 2.24. The molecule has 0 amide bonds. The van der Waals surface area contributed by atoms with Crippen molar-refractivity contribution in [2.75, 3.05) is 11.9 Å². The Balaban J connectivity index is 2.28. The molecule has 1 aromatic heterocycles. The summed E-state index contributed by atoms with van der Waals surface area (Å²) in [5.41, 5.74) is 0. The number of aromatic nitrogens is 2. The monoisotopic (exact) mass is 159 g/mol. The Hall–Kier alpha value is -0.680. The van der Waals surface area contributed by atoms with Crippen LogP contribution in [0.1, 0.15) is 6.92 Å². The van der Waals surface area contributed by atoms with Crippen molar-refractivity contribution in [1.29, 1.82) is 0 Å². The molecule has 4 nitrogen and oxygen atoms in total. The molecule has 0 aliphatic rings. The first kappa shape index (κ1) is 7.43. The molecule has 0 fully saturated rings. The van der Waals surface area contributed by atoms with Crippen LogP contribution in [0, 0.1) is 0 Å². The van der Waals surface area contributed by atoms with Crippen molar-refractivity contribution in [2.24, 2.45) is 0 Å². The van der Waals surface area contributed by atoms with Crippen LogP contribution in [0.4, 0.5) is 5.13 Å². The molecule has 1 unspecified atom stereocenters. The average Bonchev–Trinajstić information content (AvgIpc) is 2.34. The molecule has 0 aliphatic heterocycles. The maximum absolute atomic E-state index is 8.85. The lowest BCUT2D eigenvalue weighted by Gasteiger charge is -2.02. The van der Waals surface area contributed by atoms with E-state index in [4.69, 9.17) is 5.11 Å². The molecule has 0 aliphatic carbocycles. The first-order valence-electron chi connectivity index (χ1n) is 2.97. The van der Waals surface area contributed by atoms with Crippen LogP contribution in [0.15, 0.2) is 6.33 Å².